The molecule has 2 aromatic rings. The molecule has 21 heavy (non-hydrogen) atoms. The number of nitrogens with zero attached hydrogens (tertiary/aromatic N) is 3. The van der Waals surface area contributed by atoms with Gasteiger partial charge < -0.3 is 4.74 Å². The van der Waals surface area contributed by atoms with Gasteiger partial charge in [0.1, 0.15) is 0 Å². The Balaban J connectivity index is 2.04. The molecule has 0 radical (unpaired) electrons. The fraction of sp³-hybridized carbons (Fsp3) is 0.375. The number of carbonyl (C=O) groups excluding carboxylic acids is 1. The van der Waals surface area contributed by atoms with Crippen LogP contribution in [0.4, 0.5) is 0 Å². The number of aromatic nitrogens is 3. The van der Waals surface area contributed by atoms with E-state index in [0.29, 0.717) is 23.9 Å². The van der Waals surface area contributed by atoms with Gasteiger partial charge in [-0.25, -0.2) is 14.8 Å². The molecule has 2 aromatic heterocycles. The summed E-state index contributed by atoms with van der Waals surface area (Å²) >= 11 is 0. The van der Waals surface area contributed by atoms with Gasteiger partial charge in [-0.2, -0.15) is 0 Å². The summed E-state index contributed by atoms with van der Waals surface area (Å²) in [7, 11) is 0. The van der Waals surface area contributed by atoms with Crippen LogP contribution in [0.5, 0.6) is 0 Å². The van der Waals surface area contributed by atoms with E-state index in [1.807, 2.05) is 13.0 Å². The standard InChI is InChI=1S/C16H17N3O2/c1-3-21-16(20)13-9-18-15(19-14(13)11-4-5-11)12-8-17-7-6-10(12)2/h6-9,11H,3-5H2,1-2H3. The highest BCUT2D eigenvalue weighted by atomic mass is 16.5. The third-order valence-corrected chi connectivity index (χ3v) is 3.56. The zero-order chi connectivity index (χ0) is 14.8. The first kappa shape index (κ1) is 13.7. The van der Waals surface area contributed by atoms with Gasteiger partial charge in [-0.1, -0.05) is 0 Å². The highest BCUT2D eigenvalue weighted by Gasteiger charge is 2.31. The van der Waals surface area contributed by atoms with Crippen LogP contribution in [-0.2, 0) is 4.74 Å². The van der Waals surface area contributed by atoms with Crippen LogP contribution < -0.4 is 0 Å². The summed E-state index contributed by atoms with van der Waals surface area (Å²) < 4.78 is 5.08. The van der Waals surface area contributed by atoms with Crippen molar-refractivity contribution in [2.45, 2.75) is 32.6 Å². The summed E-state index contributed by atoms with van der Waals surface area (Å²) in [5.74, 6) is 0.632. The molecule has 0 unspecified atom stereocenters. The molecule has 5 heteroatoms. The molecule has 108 valence electrons. The molecule has 5 nitrogen and oxygen atoms in total. The fourth-order valence-electron chi connectivity index (χ4n) is 2.26. The van der Waals surface area contributed by atoms with Gasteiger partial charge in [0, 0.05) is 30.1 Å². The molecule has 1 aliphatic rings. The lowest BCUT2D eigenvalue weighted by atomic mass is 10.1. The minimum absolute atomic E-state index is 0.339. The van der Waals surface area contributed by atoms with E-state index >= 15 is 0 Å². The van der Waals surface area contributed by atoms with Gasteiger partial charge in [-0.15, -0.1) is 0 Å². The largest absolute Gasteiger partial charge is 0.462 e. The number of aryl methyl sites for hydroxylation is 1. The second kappa shape index (κ2) is 5.60. The van der Waals surface area contributed by atoms with Crippen LogP contribution >= 0.6 is 0 Å². The highest BCUT2D eigenvalue weighted by molar-refractivity contribution is 5.90. The number of hydrogen-bond donors (Lipinski definition) is 0. The number of esters is 1. The second-order valence-electron chi connectivity index (χ2n) is 5.18. The van der Waals surface area contributed by atoms with Crippen LogP contribution in [-0.4, -0.2) is 27.5 Å². The Bertz CT molecular complexity index is 681. The highest BCUT2D eigenvalue weighted by Crippen LogP contribution is 2.41. The SMILES string of the molecule is CCOC(=O)c1cnc(-c2cnccc2C)nc1C1CC1. The van der Waals surface area contributed by atoms with Gasteiger partial charge in [0.2, 0.25) is 0 Å². The van der Waals surface area contributed by atoms with Crippen LogP contribution in [0, 0.1) is 6.92 Å². The lowest BCUT2D eigenvalue weighted by molar-refractivity contribution is 0.0524. The van der Waals surface area contributed by atoms with E-state index in [0.717, 1.165) is 29.7 Å². The molecule has 2 heterocycles. The second-order valence-corrected chi connectivity index (χ2v) is 5.18. The lowest BCUT2D eigenvalue weighted by Gasteiger charge is -2.10. The van der Waals surface area contributed by atoms with Crippen LogP contribution in [0.2, 0.25) is 0 Å². The Morgan fingerprint density at radius 3 is 2.86 bits per heavy atom. The monoisotopic (exact) mass is 283 g/mol. The molecule has 0 amide bonds. The minimum atomic E-state index is -0.339. The molecule has 3 rings (SSSR count). The topological polar surface area (TPSA) is 65.0 Å². The molecule has 0 aliphatic heterocycles. The maximum absolute atomic E-state index is 12.0. The Morgan fingerprint density at radius 1 is 1.38 bits per heavy atom. The van der Waals surface area contributed by atoms with Crippen molar-refractivity contribution in [3.63, 3.8) is 0 Å². The third-order valence-electron chi connectivity index (χ3n) is 3.56. The van der Waals surface area contributed by atoms with E-state index in [2.05, 4.69) is 15.0 Å². The van der Waals surface area contributed by atoms with Crippen molar-refractivity contribution in [1.29, 1.82) is 0 Å². The number of pyridine rings is 1. The van der Waals surface area contributed by atoms with Crippen molar-refractivity contribution in [1.82, 2.24) is 15.0 Å². The van der Waals surface area contributed by atoms with Gasteiger partial charge in [0.25, 0.3) is 0 Å². The van der Waals surface area contributed by atoms with E-state index in [1.54, 1.807) is 25.5 Å². The molecule has 1 saturated carbocycles. The molecule has 0 aromatic carbocycles. The van der Waals surface area contributed by atoms with Crippen LogP contribution in [0.3, 0.4) is 0 Å². The lowest BCUT2D eigenvalue weighted by Crippen LogP contribution is -2.11. The van der Waals surface area contributed by atoms with Crippen molar-refractivity contribution < 1.29 is 9.53 Å². The molecule has 1 fully saturated rings. The summed E-state index contributed by atoms with van der Waals surface area (Å²) in [4.78, 5) is 25.1. The maximum atomic E-state index is 12.0. The van der Waals surface area contributed by atoms with Gasteiger partial charge in [-0.3, -0.25) is 4.98 Å². The zero-order valence-electron chi connectivity index (χ0n) is 12.2. The Kier molecular flexibility index (Phi) is 3.64. The van der Waals surface area contributed by atoms with E-state index in [1.165, 1.54) is 0 Å². The molecule has 0 atom stereocenters. The minimum Gasteiger partial charge on any atom is -0.462 e. The summed E-state index contributed by atoms with van der Waals surface area (Å²) in [5, 5.41) is 0. The molecule has 0 N–H and O–H groups in total. The number of hydrogen-bond acceptors (Lipinski definition) is 5. The summed E-state index contributed by atoms with van der Waals surface area (Å²) in [5.41, 5.74) is 3.26. The predicted molar refractivity (Wildman–Crippen MR) is 77.9 cm³/mol. The van der Waals surface area contributed by atoms with Crippen molar-refractivity contribution in [2.24, 2.45) is 0 Å². The van der Waals surface area contributed by atoms with E-state index < -0.39 is 0 Å². The summed E-state index contributed by atoms with van der Waals surface area (Å²) in [6, 6.07) is 1.93. The van der Waals surface area contributed by atoms with E-state index in [4.69, 9.17) is 4.74 Å². The van der Waals surface area contributed by atoms with Gasteiger partial charge in [0.15, 0.2) is 5.82 Å². The van der Waals surface area contributed by atoms with Crippen molar-refractivity contribution in [2.75, 3.05) is 6.61 Å². The summed E-state index contributed by atoms with van der Waals surface area (Å²) in [6.45, 7) is 4.14. The molecule has 1 aliphatic carbocycles. The number of rotatable bonds is 4. The molecular formula is C16H17N3O2. The first-order valence-electron chi connectivity index (χ1n) is 7.15. The van der Waals surface area contributed by atoms with Gasteiger partial charge in [-0.05, 0) is 38.3 Å². The fourth-order valence-corrected chi connectivity index (χ4v) is 2.26. The van der Waals surface area contributed by atoms with Gasteiger partial charge >= 0.3 is 5.97 Å². The van der Waals surface area contributed by atoms with Crippen molar-refractivity contribution in [3.8, 4) is 11.4 Å². The Labute approximate surface area is 123 Å². The van der Waals surface area contributed by atoms with Crippen molar-refractivity contribution in [3.05, 3.63) is 41.5 Å². The predicted octanol–water partition coefficient (Wildman–Crippen LogP) is 2.90. The van der Waals surface area contributed by atoms with E-state index in [-0.39, 0.29) is 5.97 Å². The molecule has 0 spiro atoms. The molecule has 0 bridgehead atoms. The van der Waals surface area contributed by atoms with E-state index in [9.17, 15) is 4.79 Å². The normalized spacial score (nSPS) is 14.0. The smallest absolute Gasteiger partial charge is 0.341 e. The number of carbonyl (C=O) groups is 1. The Morgan fingerprint density at radius 2 is 2.19 bits per heavy atom. The quantitative estimate of drug-likeness (QED) is 0.807. The third kappa shape index (κ3) is 2.77. The average molecular weight is 283 g/mol. The van der Waals surface area contributed by atoms with Crippen LogP contribution in [0.15, 0.2) is 24.7 Å². The number of ether oxygens (including phenoxy) is 1. The molecule has 0 saturated heterocycles. The average Bonchev–Trinajstić information content (AvgIpc) is 3.32. The van der Waals surface area contributed by atoms with Gasteiger partial charge in [0.05, 0.1) is 17.9 Å². The summed E-state index contributed by atoms with van der Waals surface area (Å²) in [6.07, 6.45) is 7.21. The van der Waals surface area contributed by atoms with Crippen LogP contribution in [0.25, 0.3) is 11.4 Å². The maximum Gasteiger partial charge on any atom is 0.341 e. The van der Waals surface area contributed by atoms with Crippen LogP contribution in [0.1, 0.15) is 47.3 Å². The van der Waals surface area contributed by atoms with Crippen molar-refractivity contribution >= 4 is 5.97 Å². The zero-order valence-corrected chi connectivity index (χ0v) is 12.2. The first-order valence-corrected chi connectivity index (χ1v) is 7.15. The first-order chi connectivity index (χ1) is 10.2. The molecular weight excluding hydrogens is 266 g/mol. The Hall–Kier alpha value is -2.30.